The van der Waals surface area contributed by atoms with Crippen molar-refractivity contribution in [2.45, 2.75) is 52.0 Å². The van der Waals surface area contributed by atoms with E-state index in [-0.39, 0.29) is 24.0 Å². The van der Waals surface area contributed by atoms with Gasteiger partial charge in [-0.15, -0.1) is 0 Å². The van der Waals surface area contributed by atoms with Crippen LogP contribution in [0, 0.1) is 5.41 Å². The molecule has 1 aliphatic heterocycles. The van der Waals surface area contributed by atoms with Gasteiger partial charge in [-0.1, -0.05) is 6.92 Å². The summed E-state index contributed by atoms with van der Waals surface area (Å²) in [5.41, 5.74) is -0.168. The predicted molar refractivity (Wildman–Crippen MR) is 68.8 cm³/mol. The first-order valence-corrected chi connectivity index (χ1v) is 6.77. The molecule has 0 aliphatic carbocycles. The summed E-state index contributed by atoms with van der Waals surface area (Å²) in [4.78, 5) is 12.3. The Morgan fingerprint density at radius 1 is 1.47 bits per heavy atom. The molecule has 17 heavy (non-hydrogen) atoms. The van der Waals surface area contributed by atoms with Crippen molar-refractivity contribution in [3.05, 3.63) is 0 Å². The maximum atomic E-state index is 12.3. The molecule has 4 heteroatoms. The molecule has 0 bridgehead atoms. The monoisotopic (exact) mass is 242 g/mol. The topological polar surface area (TPSA) is 61.4 Å². The van der Waals surface area contributed by atoms with Crippen LogP contribution in [0.3, 0.4) is 0 Å². The molecule has 0 aromatic carbocycles. The van der Waals surface area contributed by atoms with Gasteiger partial charge in [0.15, 0.2) is 0 Å². The lowest BCUT2D eigenvalue weighted by Gasteiger charge is -2.36. The van der Waals surface area contributed by atoms with E-state index >= 15 is 0 Å². The van der Waals surface area contributed by atoms with Crippen LogP contribution >= 0.6 is 0 Å². The Morgan fingerprint density at radius 2 is 2.12 bits per heavy atom. The van der Waals surface area contributed by atoms with Gasteiger partial charge in [-0.2, -0.15) is 0 Å². The van der Waals surface area contributed by atoms with Gasteiger partial charge in [0, 0.05) is 12.6 Å². The fourth-order valence-corrected chi connectivity index (χ4v) is 2.49. The molecule has 1 aliphatic rings. The normalized spacial score (nSPS) is 20.9. The largest absolute Gasteiger partial charge is 0.396 e. The minimum Gasteiger partial charge on any atom is -0.396 e. The van der Waals surface area contributed by atoms with E-state index in [1.807, 2.05) is 6.92 Å². The second-order valence-corrected chi connectivity index (χ2v) is 5.12. The summed E-state index contributed by atoms with van der Waals surface area (Å²) in [6.07, 6.45) is 4.37. The van der Waals surface area contributed by atoms with Gasteiger partial charge in [-0.25, -0.2) is 0 Å². The number of nitrogens with one attached hydrogen (secondary N) is 2. The molecular formula is C13H26N2O2. The predicted octanol–water partition coefficient (Wildman–Crippen LogP) is 1.04. The van der Waals surface area contributed by atoms with E-state index in [2.05, 4.69) is 17.6 Å². The number of aliphatic hydroxyl groups is 1. The van der Waals surface area contributed by atoms with Gasteiger partial charge < -0.3 is 15.7 Å². The van der Waals surface area contributed by atoms with Crippen molar-refractivity contribution in [3.63, 3.8) is 0 Å². The van der Waals surface area contributed by atoms with Crippen molar-refractivity contribution < 1.29 is 9.90 Å². The minimum atomic E-state index is -0.168. The van der Waals surface area contributed by atoms with E-state index in [4.69, 9.17) is 5.11 Å². The second kappa shape index (κ2) is 6.97. The molecule has 1 amide bonds. The average Bonchev–Trinajstić information content (AvgIpc) is 2.37. The van der Waals surface area contributed by atoms with Crippen molar-refractivity contribution in [2.24, 2.45) is 5.41 Å². The molecule has 3 N–H and O–H groups in total. The Hall–Kier alpha value is -0.610. The number of hydrogen-bond acceptors (Lipinski definition) is 3. The van der Waals surface area contributed by atoms with Crippen LogP contribution in [0.25, 0.3) is 0 Å². The molecule has 1 heterocycles. The van der Waals surface area contributed by atoms with Gasteiger partial charge in [-0.05, 0) is 52.1 Å². The molecule has 1 fully saturated rings. The van der Waals surface area contributed by atoms with Crippen molar-refractivity contribution in [1.29, 1.82) is 0 Å². The Kier molecular flexibility index (Phi) is 5.92. The molecule has 1 unspecified atom stereocenters. The lowest BCUT2D eigenvalue weighted by atomic mass is 9.75. The Balaban J connectivity index is 2.48. The molecule has 0 saturated carbocycles. The molecule has 1 rings (SSSR count). The average molecular weight is 242 g/mol. The van der Waals surface area contributed by atoms with E-state index in [0.29, 0.717) is 0 Å². The van der Waals surface area contributed by atoms with Gasteiger partial charge in [0.1, 0.15) is 0 Å². The van der Waals surface area contributed by atoms with E-state index in [1.54, 1.807) is 0 Å². The van der Waals surface area contributed by atoms with Crippen LogP contribution in [-0.2, 0) is 4.79 Å². The van der Waals surface area contributed by atoms with Crippen molar-refractivity contribution in [1.82, 2.24) is 10.6 Å². The summed E-state index contributed by atoms with van der Waals surface area (Å²) in [6.45, 7) is 6.18. The molecule has 0 spiro atoms. The molecule has 0 aromatic rings. The summed E-state index contributed by atoms with van der Waals surface area (Å²) in [7, 11) is 0. The number of carbonyl (C=O) groups excluding carboxylic acids is 1. The highest BCUT2D eigenvalue weighted by molar-refractivity contribution is 5.83. The molecule has 0 aromatic heterocycles. The molecule has 4 nitrogen and oxygen atoms in total. The highest BCUT2D eigenvalue weighted by Crippen LogP contribution is 2.32. The van der Waals surface area contributed by atoms with Crippen LogP contribution in [0.15, 0.2) is 0 Å². The van der Waals surface area contributed by atoms with E-state index in [9.17, 15) is 4.79 Å². The smallest absolute Gasteiger partial charge is 0.226 e. The van der Waals surface area contributed by atoms with Gasteiger partial charge in [0.25, 0.3) is 0 Å². The van der Waals surface area contributed by atoms with Crippen LogP contribution in [0.2, 0.25) is 0 Å². The van der Waals surface area contributed by atoms with Gasteiger partial charge in [0.2, 0.25) is 5.91 Å². The summed E-state index contributed by atoms with van der Waals surface area (Å²) in [6, 6.07) is 0.160. The maximum absolute atomic E-state index is 12.3. The molecule has 100 valence electrons. The van der Waals surface area contributed by atoms with Crippen molar-refractivity contribution in [2.75, 3.05) is 19.7 Å². The van der Waals surface area contributed by atoms with Crippen LogP contribution in [0.1, 0.15) is 46.0 Å². The van der Waals surface area contributed by atoms with Gasteiger partial charge in [-0.3, -0.25) is 4.79 Å². The number of piperidine rings is 1. The van der Waals surface area contributed by atoms with E-state index in [0.717, 1.165) is 45.2 Å². The van der Waals surface area contributed by atoms with Crippen molar-refractivity contribution >= 4 is 5.91 Å². The van der Waals surface area contributed by atoms with Gasteiger partial charge in [0.05, 0.1) is 5.41 Å². The number of carbonyl (C=O) groups is 1. The minimum absolute atomic E-state index is 0.160. The second-order valence-electron chi connectivity index (χ2n) is 5.12. The lowest BCUT2D eigenvalue weighted by molar-refractivity contribution is -0.133. The lowest BCUT2D eigenvalue weighted by Crippen LogP contribution is -2.49. The number of aliphatic hydroxyl groups excluding tert-OH is 1. The summed E-state index contributed by atoms with van der Waals surface area (Å²) >= 11 is 0. The highest BCUT2D eigenvalue weighted by atomic mass is 16.3. The third-order valence-corrected chi connectivity index (χ3v) is 3.89. The van der Waals surface area contributed by atoms with Crippen LogP contribution in [0.5, 0.6) is 0 Å². The first kappa shape index (κ1) is 14.5. The maximum Gasteiger partial charge on any atom is 0.226 e. The van der Waals surface area contributed by atoms with Crippen LogP contribution in [0.4, 0.5) is 0 Å². The summed E-state index contributed by atoms with van der Waals surface area (Å²) in [5, 5.41) is 15.2. The third kappa shape index (κ3) is 3.96. The fraction of sp³-hybridized carbons (Fsp3) is 0.923. The fourth-order valence-electron chi connectivity index (χ4n) is 2.49. The van der Waals surface area contributed by atoms with Crippen LogP contribution < -0.4 is 10.6 Å². The first-order chi connectivity index (χ1) is 8.14. The third-order valence-electron chi connectivity index (χ3n) is 3.89. The highest BCUT2D eigenvalue weighted by Gasteiger charge is 2.37. The molecule has 1 atom stereocenters. The number of rotatable bonds is 6. The van der Waals surface area contributed by atoms with E-state index in [1.165, 1.54) is 0 Å². The summed E-state index contributed by atoms with van der Waals surface area (Å²) in [5.74, 6) is 0.201. The molecular weight excluding hydrogens is 216 g/mol. The zero-order chi connectivity index (χ0) is 12.7. The zero-order valence-corrected chi connectivity index (χ0v) is 11.1. The van der Waals surface area contributed by atoms with Crippen molar-refractivity contribution in [3.8, 4) is 0 Å². The summed E-state index contributed by atoms with van der Waals surface area (Å²) < 4.78 is 0. The first-order valence-electron chi connectivity index (χ1n) is 6.77. The zero-order valence-electron chi connectivity index (χ0n) is 11.1. The Bertz CT molecular complexity index is 238. The number of hydrogen-bond donors (Lipinski definition) is 3. The van der Waals surface area contributed by atoms with Gasteiger partial charge >= 0.3 is 0 Å². The standard InChI is InChI=1S/C13H26N2O2/c1-3-13(6-8-14-9-7-13)12(17)15-11(2)5-4-10-16/h11,14,16H,3-10H2,1-2H3,(H,15,17). The number of amides is 1. The Labute approximate surface area is 104 Å². The quantitative estimate of drug-likeness (QED) is 0.652. The SMILES string of the molecule is CCC1(C(=O)NC(C)CCCO)CCNCC1. The molecule has 0 radical (unpaired) electrons. The van der Waals surface area contributed by atoms with E-state index < -0.39 is 0 Å². The van der Waals surface area contributed by atoms with Crippen LogP contribution in [-0.4, -0.2) is 36.8 Å². The molecule has 1 saturated heterocycles. The Morgan fingerprint density at radius 3 is 2.65 bits per heavy atom.